The normalized spacial score (nSPS) is 14.9. The zero-order chi connectivity index (χ0) is 14.6. The summed E-state index contributed by atoms with van der Waals surface area (Å²) in [5, 5.41) is 2.83. The monoisotopic (exact) mass is 347 g/mol. The average Bonchev–Trinajstić information content (AvgIpc) is 2.90. The maximum atomic E-state index is 11.8. The average molecular weight is 348 g/mol. The van der Waals surface area contributed by atoms with Crippen LogP contribution in [0.4, 0.5) is 5.69 Å². The van der Waals surface area contributed by atoms with Crippen molar-refractivity contribution < 1.29 is 4.79 Å². The Kier molecular flexibility index (Phi) is 9.01. The molecular formula is C16H27Cl2N3O. The molecule has 0 radical (unpaired) electrons. The number of nitrogens with one attached hydrogen (secondary N) is 1. The topological polar surface area (TPSA) is 58.4 Å². The van der Waals surface area contributed by atoms with Gasteiger partial charge in [-0.2, -0.15) is 0 Å². The first-order valence-electron chi connectivity index (χ1n) is 7.37. The first-order valence-corrected chi connectivity index (χ1v) is 7.37. The van der Waals surface area contributed by atoms with Gasteiger partial charge in [0.05, 0.1) is 5.54 Å². The molecule has 1 aromatic rings. The summed E-state index contributed by atoms with van der Waals surface area (Å²) in [6, 6.07) is 8.05. The molecule has 1 aliphatic heterocycles. The van der Waals surface area contributed by atoms with Crippen molar-refractivity contribution in [2.75, 3.05) is 25.0 Å². The van der Waals surface area contributed by atoms with Gasteiger partial charge < -0.3 is 16.0 Å². The summed E-state index contributed by atoms with van der Waals surface area (Å²) < 4.78 is 0. The highest BCUT2D eigenvalue weighted by molar-refractivity contribution is 5.97. The van der Waals surface area contributed by atoms with Crippen LogP contribution < -0.4 is 11.1 Å². The molecule has 0 bridgehead atoms. The largest absolute Gasteiger partial charge is 0.325 e. The van der Waals surface area contributed by atoms with Crippen LogP contribution in [0, 0.1) is 0 Å². The van der Waals surface area contributed by atoms with Crippen molar-refractivity contribution in [2.24, 2.45) is 5.73 Å². The fourth-order valence-electron chi connectivity index (χ4n) is 2.34. The second-order valence-electron chi connectivity index (χ2n) is 6.17. The minimum absolute atomic E-state index is 0. The molecule has 126 valence electrons. The van der Waals surface area contributed by atoms with Crippen molar-refractivity contribution in [1.82, 2.24) is 4.90 Å². The van der Waals surface area contributed by atoms with Gasteiger partial charge in [-0.25, -0.2) is 0 Å². The van der Waals surface area contributed by atoms with Gasteiger partial charge in [-0.1, -0.05) is 12.1 Å². The van der Waals surface area contributed by atoms with Crippen molar-refractivity contribution >= 4 is 36.4 Å². The third-order valence-corrected chi connectivity index (χ3v) is 3.71. The van der Waals surface area contributed by atoms with Crippen LogP contribution in [-0.4, -0.2) is 36.0 Å². The Hall–Kier alpha value is -0.810. The molecule has 3 N–H and O–H groups in total. The third kappa shape index (κ3) is 6.53. The third-order valence-electron chi connectivity index (χ3n) is 3.71. The molecule has 1 fully saturated rings. The van der Waals surface area contributed by atoms with Crippen molar-refractivity contribution in [3.8, 4) is 0 Å². The summed E-state index contributed by atoms with van der Waals surface area (Å²) in [6.45, 7) is 7.00. The van der Waals surface area contributed by atoms with Gasteiger partial charge in [-0.3, -0.25) is 4.79 Å². The molecule has 1 amide bonds. The van der Waals surface area contributed by atoms with Gasteiger partial charge >= 0.3 is 0 Å². The van der Waals surface area contributed by atoms with Gasteiger partial charge in [0.2, 0.25) is 5.91 Å². The number of hydrogen-bond acceptors (Lipinski definition) is 3. The minimum atomic E-state index is -0.853. The Labute approximate surface area is 145 Å². The highest BCUT2D eigenvalue weighted by atomic mass is 35.5. The van der Waals surface area contributed by atoms with E-state index in [0.717, 1.165) is 18.7 Å². The molecule has 0 saturated carbocycles. The molecule has 6 heteroatoms. The van der Waals surface area contributed by atoms with Crippen LogP contribution in [0.15, 0.2) is 24.3 Å². The number of halogens is 2. The lowest BCUT2D eigenvalue weighted by molar-refractivity contribution is -0.120. The van der Waals surface area contributed by atoms with Gasteiger partial charge in [0, 0.05) is 12.2 Å². The van der Waals surface area contributed by atoms with Gasteiger partial charge in [0.15, 0.2) is 0 Å². The number of nitrogens with two attached hydrogens (primary N) is 1. The predicted molar refractivity (Wildman–Crippen MR) is 97.2 cm³/mol. The fraction of sp³-hybridized carbons (Fsp3) is 0.562. The van der Waals surface area contributed by atoms with Crippen LogP contribution in [0.1, 0.15) is 32.3 Å². The number of likely N-dealkylation sites (tertiary alicyclic amines) is 1. The molecule has 0 spiro atoms. The smallest absolute Gasteiger partial charge is 0.243 e. The highest BCUT2D eigenvalue weighted by Crippen LogP contribution is 2.13. The number of rotatable bonds is 5. The summed E-state index contributed by atoms with van der Waals surface area (Å²) in [4.78, 5) is 14.3. The summed E-state index contributed by atoms with van der Waals surface area (Å²) >= 11 is 0. The second-order valence-corrected chi connectivity index (χ2v) is 6.17. The maximum absolute atomic E-state index is 11.8. The van der Waals surface area contributed by atoms with E-state index in [9.17, 15) is 4.79 Å². The number of hydrogen-bond donors (Lipinski definition) is 2. The van der Waals surface area contributed by atoms with Crippen LogP contribution in [0.25, 0.3) is 0 Å². The summed E-state index contributed by atoms with van der Waals surface area (Å²) in [5.74, 6) is -0.165. The van der Waals surface area contributed by atoms with E-state index in [4.69, 9.17) is 5.73 Å². The van der Waals surface area contributed by atoms with E-state index < -0.39 is 5.54 Å². The Morgan fingerprint density at radius 2 is 1.73 bits per heavy atom. The van der Waals surface area contributed by atoms with E-state index in [1.54, 1.807) is 13.8 Å². The maximum Gasteiger partial charge on any atom is 0.243 e. The lowest BCUT2D eigenvalue weighted by atomic mass is 10.1. The molecule has 0 atom stereocenters. The van der Waals surface area contributed by atoms with E-state index in [1.807, 2.05) is 12.1 Å². The van der Waals surface area contributed by atoms with Crippen molar-refractivity contribution in [3.63, 3.8) is 0 Å². The van der Waals surface area contributed by atoms with E-state index in [-0.39, 0.29) is 30.7 Å². The van der Waals surface area contributed by atoms with Crippen LogP contribution >= 0.6 is 24.8 Å². The number of amides is 1. The Bertz CT molecular complexity index is 451. The Morgan fingerprint density at radius 3 is 2.23 bits per heavy atom. The van der Waals surface area contributed by atoms with Crippen LogP contribution in [0.5, 0.6) is 0 Å². The summed E-state index contributed by atoms with van der Waals surface area (Å²) in [5.41, 5.74) is 7.02. The van der Waals surface area contributed by atoms with Crippen molar-refractivity contribution in [3.05, 3.63) is 29.8 Å². The molecular weight excluding hydrogens is 321 g/mol. The lowest BCUT2D eigenvalue weighted by Crippen LogP contribution is -2.45. The number of benzene rings is 1. The fourth-order valence-corrected chi connectivity index (χ4v) is 2.34. The molecule has 1 aromatic carbocycles. The molecule has 1 saturated heterocycles. The molecule has 1 heterocycles. The highest BCUT2D eigenvalue weighted by Gasteiger charge is 2.21. The van der Waals surface area contributed by atoms with E-state index in [1.165, 1.54) is 31.5 Å². The molecule has 2 rings (SSSR count). The summed E-state index contributed by atoms with van der Waals surface area (Å²) in [6.07, 6.45) is 3.73. The number of anilines is 1. The number of carbonyl (C=O) groups is 1. The first-order chi connectivity index (χ1) is 9.45. The first kappa shape index (κ1) is 21.2. The molecule has 22 heavy (non-hydrogen) atoms. The van der Waals surface area contributed by atoms with Gasteiger partial charge in [-0.05, 0) is 63.9 Å². The van der Waals surface area contributed by atoms with Gasteiger partial charge in [0.25, 0.3) is 0 Å². The van der Waals surface area contributed by atoms with E-state index in [0.29, 0.717) is 0 Å². The number of nitrogens with zero attached hydrogens (tertiary/aromatic N) is 1. The minimum Gasteiger partial charge on any atom is -0.325 e. The zero-order valence-electron chi connectivity index (χ0n) is 13.3. The van der Waals surface area contributed by atoms with Crippen LogP contribution in [0.3, 0.4) is 0 Å². The van der Waals surface area contributed by atoms with Crippen molar-refractivity contribution in [1.29, 1.82) is 0 Å². The number of carbonyl (C=O) groups excluding carboxylic acids is 1. The molecule has 0 aliphatic carbocycles. The standard InChI is InChI=1S/C16H25N3O.2ClH/c1-16(2,17)15(20)18-14-7-5-13(6-8-14)9-12-19-10-3-4-11-19;;/h5-8H,3-4,9-12,17H2,1-2H3,(H,18,20);2*1H. The van der Waals surface area contributed by atoms with Crippen molar-refractivity contribution in [2.45, 2.75) is 38.6 Å². The quantitative estimate of drug-likeness (QED) is 0.860. The zero-order valence-corrected chi connectivity index (χ0v) is 14.9. The molecule has 0 unspecified atom stereocenters. The SMILES string of the molecule is CC(C)(N)C(=O)Nc1ccc(CCN2CCCC2)cc1.Cl.Cl. The Morgan fingerprint density at radius 1 is 1.18 bits per heavy atom. The van der Waals surface area contributed by atoms with Gasteiger partial charge in [-0.15, -0.1) is 24.8 Å². The van der Waals surface area contributed by atoms with Crippen LogP contribution in [-0.2, 0) is 11.2 Å². The molecule has 1 aliphatic rings. The summed E-state index contributed by atoms with van der Waals surface area (Å²) in [7, 11) is 0. The predicted octanol–water partition coefficient (Wildman–Crippen LogP) is 2.84. The van der Waals surface area contributed by atoms with Gasteiger partial charge in [0.1, 0.15) is 0 Å². The second kappa shape index (κ2) is 9.36. The molecule has 0 aromatic heterocycles. The Balaban J connectivity index is 0.00000220. The van der Waals surface area contributed by atoms with E-state index >= 15 is 0 Å². The van der Waals surface area contributed by atoms with E-state index in [2.05, 4.69) is 22.3 Å². The molecule has 4 nitrogen and oxygen atoms in total. The lowest BCUT2D eigenvalue weighted by Gasteiger charge is -2.18. The van der Waals surface area contributed by atoms with Crippen LogP contribution in [0.2, 0.25) is 0 Å².